The third-order valence-electron chi connectivity index (χ3n) is 11.8. The predicted octanol–water partition coefficient (Wildman–Crippen LogP) is 6.97. The van der Waals surface area contributed by atoms with Gasteiger partial charge in [0.25, 0.3) is 11.8 Å². The van der Waals surface area contributed by atoms with E-state index in [1.54, 1.807) is 0 Å². The number of hydrogen-bond donors (Lipinski definition) is 0. The molecule has 10 nitrogen and oxygen atoms in total. The van der Waals surface area contributed by atoms with E-state index in [0.29, 0.717) is 38.0 Å². The molecule has 4 aromatic rings. The normalized spacial score (nSPS) is 21.1. The van der Waals surface area contributed by atoms with Crippen molar-refractivity contribution in [2.45, 2.75) is 51.0 Å². The number of thiophene rings is 2. The summed E-state index contributed by atoms with van der Waals surface area (Å²) in [5.41, 5.74) is 5.73. The highest BCUT2D eigenvalue weighted by molar-refractivity contribution is 7.08. The maximum atomic E-state index is 13.4. The Morgan fingerprint density at radius 2 is 0.982 bits per heavy atom. The number of benzene rings is 2. The van der Waals surface area contributed by atoms with Crippen molar-refractivity contribution >= 4 is 46.4 Å². The first kappa shape index (κ1) is 38.3. The molecule has 0 radical (unpaired) electrons. The zero-order valence-corrected chi connectivity index (χ0v) is 33.1. The molecule has 0 saturated carbocycles. The van der Waals surface area contributed by atoms with Gasteiger partial charge in [0.05, 0.1) is 11.1 Å². The monoisotopic (exact) mass is 792 g/mol. The van der Waals surface area contributed by atoms with Crippen molar-refractivity contribution in [1.29, 1.82) is 0 Å². The Hall–Kier alpha value is -4.62. The van der Waals surface area contributed by atoms with Crippen molar-refractivity contribution < 1.29 is 28.7 Å². The second-order valence-corrected chi connectivity index (χ2v) is 16.9. The molecule has 2 saturated heterocycles. The number of amides is 2. The average Bonchev–Trinajstić information content (AvgIpc) is 3.98. The quantitative estimate of drug-likeness (QED) is 0.126. The highest BCUT2D eigenvalue weighted by Crippen LogP contribution is 2.35. The number of hydrogen-bond acceptors (Lipinski definition) is 10. The molecule has 4 aliphatic heterocycles. The van der Waals surface area contributed by atoms with Crippen LogP contribution < -0.4 is 0 Å². The van der Waals surface area contributed by atoms with Gasteiger partial charge in [-0.05, 0) is 84.4 Å². The molecule has 2 aromatic carbocycles. The lowest BCUT2D eigenvalue weighted by Crippen LogP contribution is -2.45. The van der Waals surface area contributed by atoms with E-state index >= 15 is 0 Å². The fourth-order valence-electron chi connectivity index (χ4n) is 8.68. The smallest absolute Gasteiger partial charge is 0.332 e. The summed E-state index contributed by atoms with van der Waals surface area (Å²) in [5.74, 6) is -0.297. The average molecular weight is 793 g/mol. The van der Waals surface area contributed by atoms with E-state index < -0.39 is 24.4 Å². The Labute approximate surface area is 336 Å². The fourth-order valence-corrected chi connectivity index (χ4v) is 9.94. The fraction of sp³-hybridized carbons (Fsp3) is 0.409. The number of carbonyl (C=O) groups is 4. The van der Waals surface area contributed by atoms with Gasteiger partial charge in [-0.25, -0.2) is 9.59 Å². The van der Waals surface area contributed by atoms with Crippen LogP contribution in [0, 0.1) is 11.8 Å². The van der Waals surface area contributed by atoms with Crippen LogP contribution in [0.4, 0.5) is 0 Å². The predicted molar refractivity (Wildman–Crippen MR) is 216 cm³/mol. The van der Waals surface area contributed by atoms with Gasteiger partial charge in [0.1, 0.15) is 0 Å². The first-order chi connectivity index (χ1) is 27.4. The molecule has 2 atom stereocenters. The number of ether oxygens (including phenoxy) is 2. The van der Waals surface area contributed by atoms with Crippen LogP contribution in [-0.4, -0.2) is 95.7 Å². The second kappa shape index (κ2) is 17.7. The third-order valence-corrected chi connectivity index (χ3v) is 13.1. The molecule has 0 N–H and O–H groups in total. The number of rotatable bonds is 10. The van der Waals surface area contributed by atoms with Crippen LogP contribution in [0.2, 0.25) is 0 Å². The van der Waals surface area contributed by atoms with E-state index in [4.69, 9.17) is 9.47 Å². The summed E-state index contributed by atoms with van der Waals surface area (Å²) in [6, 6.07) is 19.9. The molecule has 6 heterocycles. The summed E-state index contributed by atoms with van der Waals surface area (Å²) in [7, 11) is 0. The number of carbonyl (C=O) groups excluding carboxylic acids is 4. The van der Waals surface area contributed by atoms with Crippen molar-refractivity contribution in [3.05, 3.63) is 128 Å². The zero-order valence-electron chi connectivity index (χ0n) is 31.5. The minimum Gasteiger partial charge on any atom is -0.439 e. The zero-order chi connectivity index (χ0) is 38.4. The van der Waals surface area contributed by atoms with Crippen LogP contribution in [0.1, 0.15) is 81.1 Å². The van der Waals surface area contributed by atoms with Crippen LogP contribution in [-0.2, 0) is 31.9 Å². The molecule has 56 heavy (non-hydrogen) atoms. The Balaban J connectivity index is 0.886. The maximum Gasteiger partial charge on any atom is 0.332 e. The SMILES string of the molecule is O=C(/C=C/C(=O)OC1c2ccccc2CCN1CC1CCN(C(=O)c2ccsc2)CC1)OC1c2ccccc2CCN1CC1CCN(C(=O)c2ccsc2)CC1. The molecule has 2 aromatic heterocycles. The van der Waals surface area contributed by atoms with Crippen LogP contribution in [0.25, 0.3) is 0 Å². The molecule has 0 spiro atoms. The number of esters is 2. The minimum atomic E-state index is -0.602. The van der Waals surface area contributed by atoms with Crippen LogP contribution in [0.15, 0.2) is 94.3 Å². The van der Waals surface area contributed by atoms with E-state index in [2.05, 4.69) is 21.9 Å². The molecule has 2 amide bonds. The molecule has 2 unspecified atom stereocenters. The van der Waals surface area contributed by atoms with E-state index in [-0.39, 0.29) is 11.8 Å². The van der Waals surface area contributed by atoms with Crippen molar-refractivity contribution in [3.8, 4) is 0 Å². The van der Waals surface area contributed by atoms with Gasteiger partial charge < -0.3 is 19.3 Å². The lowest BCUT2D eigenvalue weighted by molar-refractivity contribution is -0.159. The van der Waals surface area contributed by atoms with Gasteiger partial charge in [0, 0.05) is 86.4 Å². The van der Waals surface area contributed by atoms with Crippen molar-refractivity contribution in [2.24, 2.45) is 11.8 Å². The Kier molecular flexibility index (Phi) is 12.1. The van der Waals surface area contributed by atoms with Gasteiger partial charge in [0.15, 0.2) is 12.5 Å². The molecule has 4 aliphatic rings. The summed E-state index contributed by atoms with van der Waals surface area (Å²) in [5, 5.41) is 7.67. The summed E-state index contributed by atoms with van der Waals surface area (Å²) < 4.78 is 12.3. The number of piperidine rings is 2. The molecule has 0 bridgehead atoms. The van der Waals surface area contributed by atoms with E-state index in [9.17, 15) is 19.2 Å². The number of nitrogens with zero attached hydrogens (tertiary/aromatic N) is 4. The molecule has 8 rings (SSSR count). The minimum absolute atomic E-state index is 0.0918. The van der Waals surface area contributed by atoms with Gasteiger partial charge in [-0.3, -0.25) is 19.4 Å². The van der Waals surface area contributed by atoms with Crippen LogP contribution in [0.3, 0.4) is 0 Å². The second-order valence-electron chi connectivity index (χ2n) is 15.3. The van der Waals surface area contributed by atoms with E-state index in [0.717, 1.165) is 98.1 Å². The van der Waals surface area contributed by atoms with Gasteiger partial charge in [0.2, 0.25) is 0 Å². The molecule has 2 fully saturated rings. The summed E-state index contributed by atoms with van der Waals surface area (Å²) in [6.45, 7) is 5.82. The van der Waals surface area contributed by atoms with E-state index in [1.807, 2.05) is 79.9 Å². The summed E-state index contributed by atoms with van der Waals surface area (Å²) in [6.07, 6.45) is 6.47. The molecular formula is C44H48N4O6S2. The van der Waals surface area contributed by atoms with Gasteiger partial charge in [-0.2, -0.15) is 22.7 Å². The maximum absolute atomic E-state index is 13.4. The lowest BCUT2D eigenvalue weighted by atomic mass is 9.93. The highest BCUT2D eigenvalue weighted by Gasteiger charge is 2.35. The Morgan fingerprint density at radius 1 is 0.571 bits per heavy atom. The molecule has 292 valence electrons. The lowest BCUT2D eigenvalue weighted by Gasteiger charge is -2.40. The van der Waals surface area contributed by atoms with Gasteiger partial charge in [-0.1, -0.05) is 48.5 Å². The topological polar surface area (TPSA) is 99.7 Å². The molecule has 12 heteroatoms. The first-order valence-corrected chi connectivity index (χ1v) is 21.6. The number of likely N-dealkylation sites (tertiary alicyclic amines) is 2. The van der Waals surface area contributed by atoms with Crippen LogP contribution >= 0.6 is 22.7 Å². The molecular weight excluding hydrogens is 745 g/mol. The summed E-state index contributed by atoms with van der Waals surface area (Å²) in [4.78, 5) is 61.0. The van der Waals surface area contributed by atoms with Crippen molar-refractivity contribution in [3.63, 3.8) is 0 Å². The van der Waals surface area contributed by atoms with Crippen molar-refractivity contribution in [2.75, 3.05) is 52.4 Å². The number of fused-ring (bicyclic) bond motifs is 2. The van der Waals surface area contributed by atoms with E-state index in [1.165, 1.54) is 34.8 Å². The van der Waals surface area contributed by atoms with Gasteiger partial charge in [-0.15, -0.1) is 0 Å². The Morgan fingerprint density at radius 3 is 1.38 bits per heavy atom. The Bertz CT molecular complexity index is 1870. The molecule has 0 aliphatic carbocycles. The summed E-state index contributed by atoms with van der Waals surface area (Å²) >= 11 is 3.07. The first-order valence-electron chi connectivity index (χ1n) is 19.8. The highest BCUT2D eigenvalue weighted by atomic mass is 32.1. The largest absolute Gasteiger partial charge is 0.439 e. The third kappa shape index (κ3) is 8.83. The standard InChI is InChI=1S/C44H48N4O6S2/c49-39(53-43-37-7-3-1-5-33(37)15-23-47(43)27-31-11-19-45(20-12-31)41(51)35-17-25-55-29-35)9-10-40(50)54-44-38-8-4-2-6-34(38)16-24-48(44)28-32-13-21-46(22-14-32)42(52)36-18-26-56-30-36/h1-10,17-18,25-26,29-32,43-44H,11-16,19-24,27-28H2/b10-9+. The van der Waals surface area contributed by atoms with Crippen molar-refractivity contribution in [1.82, 2.24) is 19.6 Å². The van der Waals surface area contributed by atoms with Gasteiger partial charge >= 0.3 is 11.9 Å². The van der Waals surface area contributed by atoms with Crippen LogP contribution in [0.5, 0.6) is 0 Å².